The molecule has 0 radical (unpaired) electrons. The minimum absolute atomic E-state index is 0. The van der Waals surface area contributed by atoms with E-state index in [9.17, 15) is 4.79 Å². The van der Waals surface area contributed by atoms with Crippen LogP contribution in [0, 0.1) is 0 Å². The van der Waals surface area contributed by atoms with Crippen LogP contribution in [0.25, 0.3) is 0 Å². The van der Waals surface area contributed by atoms with Gasteiger partial charge in [-0.2, -0.15) is 0 Å². The molecule has 1 atom stereocenters. The number of para-hydroxylation sites is 1. The van der Waals surface area contributed by atoms with E-state index in [0.717, 1.165) is 54.8 Å². The number of halogens is 1. The van der Waals surface area contributed by atoms with Crippen LogP contribution in [0.15, 0.2) is 53.5 Å². The van der Waals surface area contributed by atoms with Crippen molar-refractivity contribution in [3.63, 3.8) is 0 Å². The average Bonchev–Trinajstić information content (AvgIpc) is 2.78. The zero-order chi connectivity index (χ0) is 20.1. The molecular weight excluding hydrogens is 491 g/mol. The number of fused-ring (bicyclic) bond motifs is 1. The molecule has 2 heterocycles. The highest BCUT2D eigenvalue weighted by atomic mass is 127. The Morgan fingerprint density at radius 2 is 1.83 bits per heavy atom. The molecule has 6 nitrogen and oxygen atoms in total. The van der Waals surface area contributed by atoms with E-state index >= 15 is 0 Å². The summed E-state index contributed by atoms with van der Waals surface area (Å²) in [6.07, 6.45) is 4.26. The Morgan fingerprint density at radius 1 is 1.10 bits per heavy atom. The average molecular weight is 520 g/mol. The molecule has 0 saturated carbocycles. The molecule has 7 heteroatoms. The van der Waals surface area contributed by atoms with Crippen LogP contribution < -0.4 is 15.8 Å². The van der Waals surface area contributed by atoms with Crippen LogP contribution in [0.1, 0.15) is 53.2 Å². The monoisotopic (exact) mass is 520 g/mol. The second-order valence-electron chi connectivity index (χ2n) is 7.62. The number of ether oxygens (including phenoxy) is 1. The Kier molecular flexibility index (Phi) is 7.95. The number of likely N-dealkylation sites (tertiary alicyclic amines) is 1. The van der Waals surface area contributed by atoms with E-state index in [1.165, 1.54) is 6.42 Å². The fourth-order valence-corrected chi connectivity index (χ4v) is 3.92. The topological polar surface area (TPSA) is 80.0 Å². The van der Waals surface area contributed by atoms with Gasteiger partial charge in [-0.25, -0.2) is 4.99 Å². The van der Waals surface area contributed by atoms with Crippen molar-refractivity contribution in [2.45, 2.75) is 38.3 Å². The lowest BCUT2D eigenvalue weighted by molar-refractivity contribution is 0.0724. The number of carbonyl (C=O) groups excluding carboxylic acids is 1. The molecule has 2 aromatic rings. The summed E-state index contributed by atoms with van der Waals surface area (Å²) in [6, 6.07) is 15.8. The molecule has 1 unspecified atom stereocenters. The largest absolute Gasteiger partial charge is 0.493 e. The number of piperidine rings is 1. The quantitative estimate of drug-likeness (QED) is 0.365. The highest BCUT2D eigenvalue weighted by Gasteiger charge is 2.21. The molecular formula is C23H29IN4O2. The van der Waals surface area contributed by atoms with Crippen LogP contribution in [0.2, 0.25) is 0 Å². The molecule has 0 aromatic heterocycles. The summed E-state index contributed by atoms with van der Waals surface area (Å²) in [5, 5.41) is 3.30. The summed E-state index contributed by atoms with van der Waals surface area (Å²) in [5.41, 5.74) is 9.00. The summed E-state index contributed by atoms with van der Waals surface area (Å²) in [7, 11) is 0. The molecule has 30 heavy (non-hydrogen) atoms. The van der Waals surface area contributed by atoms with Gasteiger partial charge in [0, 0.05) is 30.6 Å². The maximum Gasteiger partial charge on any atom is 0.253 e. The molecule has 2 aromatic carbocycles. The summed E-state index contributed by atoms with van der Waals surface area (Å²) in [4.78, 5) is 19.0. The SMILES string of the molecule is I.NC(=NCc1ccc(C(=O)N2CCCCC2)cc1)NC1CCOc2ccccc21. The number of amides is 1. The van der Waals surface area contributed by atoms with Crippen molar-refractivity contribution in [2.24, 2.45) is 10.7 Å². The highest BCUT2D eigenvalue weighted by Crippen LogP contribution is 2.31. The molecule has 2 aliphatic rings. The van der Waals surface area contributed by atoms with Crippen molar-refractivity contribution in [2.75, 3.05) is 19.7 Å². The zero-order valence-corrected chi connectivity index (χ0v) is 19.4. The molecule has 2 aliphatic heterocycles. The van der Waals surface area contributed by atoms with Gasteiger partial charge in [0.2, 0.25) is 0 Å². The highest BCUT2D eigenvalue weighted by molar-refractivity contribution is 14.0. The first kappa shape index (κ1) is 22.4. The number of nitrogens with one attached hydrogen (secondary N) is 1. The number of aliphatic imine (C=N–C) groups is 1. The van der Waals surface area contributed by atoms with Gasteiger partial charge in [0.15, 0.2) is 5.96 Å². The Hall–Kier alpha value is -2.29. The minimum Gasteiger partial charge on any atom is -0.493 e. The number of hydrogen-bond donors (Lipinski definition) is 2. The van der Waals surface area contributed by atoms with Gasteiger partial charge in [-0.05, 0) is 43.0 Å². The number of hydrogen-bond acceptors (Lipinski definition) is 3. The van der Waals surface area contributed by atoms with Gasteiger partial charge >= 0.3 is 0 Å². The predicted octanol–water partition coefficient (Wildman–Crippen LogP) is 3.86. The molecule has 0 spiro atoms. The third kappa shape index (κ3) is 5.44. The fourth-order valence-electron chi connectivity index (χ4n) is 3.92. The smallest absolute Gasteiger partial charge is 0.253 e. The molecule has 0 aliphatic carbocycles. The van der Waals surface area contributed by atoms with E-state index in [0.29, 0.717) is 19.1 Å². The van der Waals surface area contributed by atoms with Crippen molar-refractivity contribution in [1.29, 1.82) is 0 Å². The third-order valence-corrected chi connectivity index (χ3v) is 5.56. The lowest BCUT2D eigenvalue weighted by Crippen LogP contribution is -2.37. The van der Waals surface area contributed by atoms with Crippen LogP contribution in [0.4, 0.5) is 0 Å². The first-order valence-corrected chi connectivity index (χ1v) is 10.4. The number of nitrogens with two attached hydrogens (primary N) is 1. The maximum absolute atomic E-state index is 12.6. The molecule has 3 N–H and O–H groups in total. The van der Waals surface area contributed by atoms with Gasteiger partial charge in [-0.1, -0.05) is 30.3 Å². The van der Waals surface area contributed by atoms with Crippen molar-refractivity contribution < 1.29 is 9.53 Å². The first-order valence-electron chi connectivity index (χ1n) is 10.4. The minimum atomic E-state index is 0. The number of guanidine groups is 1. The molecule has 0 bridgehead atoms. The summed E-state index contributed by atoms with van der Waals surface area (Å²) in [5.74, 6) is 1.44. The van der Waals surface area contributed by atoms with Crippen LogP contribution >= 0.6 is 24.0 Å². The lowest BCUT2D eigenvalue weighted by Gasteiger charge is -2.27. The normalized spacial score (nSPS) is 18.6. The maximum atomic E-state index is 12.6. The van der Waals surface area contributed by atoms with Crippen molar-refractivity contribution >= 4 is 35.8 Å². The molecule has 1 saturated heterocycles. The molecule has 160 valence electrons. The van der Waals surface area contributed by atoms with Gasteiger partial charge in [-0.15, -0.1) is 24.0 Å². The van der Waals surface area contributed by atoms with E-state index in [2.05, 4.69) is 16.4 Å². The Bertz CT molecular complexity index is 879. The molecule has 1 fully saturated rings. The predicted molar refractivity (Wildman–Crippen MR) is 129 cm³/mol. The van der Waals surface area contributed by atoms with E-state index in [1.54, 1.807) is 0 Å². The van der Waals surface area contributed by atoms with Crippen LogP contribution in [0.5, 0.6) is 5.75 Å². The zero-order valence-electron chi connectivity index (χ0n) is 17.0. The summed E-state index contributed by atoms with van der Waals surface area (Å²) in [6.45, 7) is 2.86. The Morgan fingerprint density at radius 3 is 2.60 bits per heavy atom. The number of nitrogens with zero attached hydrogens (tertiary/aromatic N) is 2. The Labute approximate surface area is 194 Å². The fraction of sp³-hybridized carbons (Fsp3) is 0.391. The van der Waals surface area contributed by atoms with Gasteiger partial charge < -0.3 is 20.7 Å². The van der Waals surface area contributed by atoms with E-state index in [1.807, 2.05) is 47.4 Å². The second-order valence-corrected chi connectivity index (χ2v) is 7.62. The summed E-state index contributed by atoms with van der Waals surface area (Å²) >= 11 is 0. The van der Waals surface area contributed by atoms with Crippen LogP contribution in [0.3, 0.4) is 0 Å². The lowest BCUT2D eigenvalue weighted by atomic mass is 10.0. The van der Waals surface area contributed by atoms with Gasteiger partial charge in [0.1, 0.15) is 5.75 Å². The first-order chi connectivity index (χ1) is 14.2. The van der Waals surface area contributed by atoms with Gasteiger partial charge in [0.25, 0.3) is 5.91 Å². The Balaban J connectivity index is 0.00000256. The van der Waals surface area contributed by atoms with Gasteiger partial charge in [0.05, 0.1) is 19.2 Å². The third-order valence-electron chi connectivity index (χ3n) is 5.56. The van der Waals surface area contributed by atoms with Gasteiger partial charge in [-0.3, -0.25) is 4.79 Å². The van der Waals surface area contributed by atoms with E-state index in [-0.39, 0.29) is 35.9 Å². The van der Waals surface area contributed by atoms with E-state index < -0.39 is 0 Å². The number of carbonyl (C=O) groups is 1. The summed E-state index contributed by atoms with van der Waals surface area (Å²) < 4.78 is 5.69. The molecule has 1 amide bonds. The van der Waals surface area contributed by atoms with Crippen molar-refractivity contribution in [1.82, 2.24) is 10.2 Å². The van der Waals surface area contributed by atoms with Crippen LogP contribution in [-0.2, 0) is 6.54 Å². The number of rotatable bonds is 4. The molecule has 4 rings (SSSR count). The van der Waals surface area contributed by atoms with Crippen molar-refractivity contribution in [3.8, 4) is 5.75 Å². The standard InChI is InChI=1S/C23H28N4O2.HI/c24-23(26-20-12-15-29-21-7-3-2-6-19(20)21)25-16-17-8-10-18(11-9-17)22(28)27-13-4-1-5-14-27;/h2-3,6-11,20H,1,4-5,12-16H2,(H3,24,25,26);1H. The van der Waals surface area contributed by atoms with Crippen LogP contribution in [-0.4, -0.2) is 36.5 Å². The number of benzene rings is 2. The second kappa shape index (κ2) is 10.7. The van der Waals surface area contributed by atoms with E-state index in [4.69, 9.17) is 10.5 Å². The van der Waals surface area contributed by atoms with Crippen molar-refractivity contribution in [3.05, 3.63) is 65.2 Å².